The van der Waals surface area contributed by atoms with Crippen molar-refractivity contribution in [1.29, 1.82) is 0 Å². The molecule has 1 aromatic heterocycles. The van der Waals surface area contributed by atoms with Gasteiger partial charge >= 0.3 is 11.9 Å². The van der Waals surface area contributed by atoms with Gasteiger partial charge in [0.15, 0.2) is 5.75 Å². The molecule has 2 N–H and O–H groups in total. The van der Waals surface area contributed by atoms with E-state index in [4.69, 9.17) is 9.84 Å². The summed E-state index contributed by atoms with van der Waals surface area (Å²) in [5.74, 6) is -1.96. The molecule has 0 fully saturated rings. The molecule has 0 spiro atoms. The summed E-state index contributed by atoms with van der Waals surface area (Å²) in [6.07, 6.45) is 0.823. The highest BCUT2D eigenvalue weighted by Crippen LogP contribution is 2.05. The predicted octanol–water partition coefficient (Wildman–Crippen LogP) is 0.779. The third-order valence-corrected chi connectivity index (χ3v) is 1.78. The van der Waals surface area contributed by atoms with Crippen molar-refractivity contribution < 1.29 is 19.4 Å². The topological polar surface area (TPSA) is 96.5 Å². The van der Waals surface area contributed by atoms with Crippen LogP contribution in [0.3, 0.4) is 0 Å². The third kappa shape index (κ3) is 2.94. The first-order valence-electron chi connectivity index (χ1n) is 4.72. The lowest BCUT2D eigenvalue weighted by Crippen LogP contribution is -2.18. The molecule has 6 nitrogen and oxygen atoms in total. The smallest absolute Gasteiger partial charge is 0.352 e. The Morgan fingerprint density at radius 3 is 2.62 bits per heavy atom. The van der Waals surface area contributed by atoms with Gasteiger partial charge in [-0.3, -0.25) is 9.59 Å². The van der Waals surface area contributed by atoms with Gasteiger partial charge in [0.05, 0.1) is 0 Å². The van der Waals surface area contributed by atoms with Crippen LogP contribution in [0.1, 0.15) is 30.3 Å². The minimum Gasteiger partial charge on any atom is -0.477 e. The SMILES string of the molecule is CCCC(=O)Oc1ccc(C(=O)O)[nH]c1=O. The molecule has 0 saturated heterocycles. The molecule has 1 rings (SSSR count). The number of esters is 1. The van der Waals surface area contributed by atoms with Gasteiger partial charge in [-0.25, -0.2) is 4.79 Å². The molecule has 0 amide bonds. The van der Waals surface area contributed by atoms with Crippen LogP contribution in [0.2, 0.25) is 0 Å². The zero-order chi connectivity index (χ0) is 12.1. The molecule has 0 unspecified atom stereocenters. The second-order valence-corrected chi connectivity index (χ2v) is 3.09. The molecule has 6 heteroatoms. The normalized spacial score (nSPS) is 9.81. The van der Waals surface area contributed by atoms with Gasteiger partial charge in [0, 0.05) is 6.42 Å². The van der Waals surface area contributed by atoms with Crippen LogP contribution >= 0.6 is 0 Å². The Balaban J connectivity index is 2.88. The standard InChI is InChI=1S/C10H11NO5/c1-2-3-8(12)16-7-5-4-6(10(14)15)11-9(7)13/h4-5H,2-3H2,1H3,(H,11,13)(H,14,15). The van der Waals surface area contributed by atoms with Gasteiger partial charge in [-0.1, -0.05) is 6.92 Å². The Hall–Kier alpha value is -2.11. The minimum absolute atomic E-state index is 0.191. The fourth-order valence-corrected chi connectivity index (χ4v) is 1.04. The summed E-state index contributed by atoms with van der Waals surface area (Å²) in [7, 11) is 0. The summed E-state index contributed by atoms with van der Waals surface area (Å²) >= 11 is 0. The summed E-state index contributed by atoms with van der Waals surface area (Å²) in [4.78, 5) is 35.0. The van der Waals surface area contributed by atoms with Gasteiger partial charge in [-0.15, -0.1) is 0 Å². The molecule has 86 valence electrons. The minimum atomic E-state index is -1.25. The van der Waals surface area contributed by atoms with Crippen molar-refractivity contribution in [1.82, 2.24) is 4.98 Å². The molecule has 0 radical (unpaired) electrons. The number of hydrogen-bond donors (Lipinski definition) is 2. The lowest BCUT2D eigenvalue weighted by atomic mass is 10.3. The van der Waals surface area contributed by atoms with E-state index in [2.05, 4.69) is 4.98 Å². The predicted molar refractivity (Wildman–Crippen MR) is 54.6 cm³/mol. The molecule has 0 aliphatic carbocycles. The number of carboxylic acid groups (broad SMARTS) is 1. The highest BCUT2D eigenvalue weighted by atomic mass is 16.5. The third-order valence-electron chi connectivity index (χ3n) is 1.78. The van der Waals surface area contributed by atoms with Gasteiger partial charge in [0.25, 0.3) is 5.56 Å². The van der Waals surface area contributed by atoms with Gasteiger partial charge in [0.1, 0.15) is 5.69 Å². The van der Waals surface area contributed by atoms with E-state index < -0.39 is 17.5 Å². The Bertz CT molecular complexity index is 463. The Morgan fingerprint density at radius 1 is 1.44 bits per heavy atom. The van der Waals surface area contributed by atoms with E-state index in [9.17, 15) is 14.4 Å². The van der Waals surface area contributed by atoms with Gasteiger partial charge in [0.2, 0.25) is 0 Å². The van der Waals surface area contributed by atoms with Crippen LogP contribution in [0.4, 0.5) is 0 Å². The highest BCUT2D eigenvalue weighted by molar-refractivity contribution is 5.85. The van der Waals surface area contributed by atoms with E-state index in [0.29, 0.717) is 6.42 Å². The van der Waals surface area contributed by atoms with Crippen molar-refractivity contribution in [3.05, 3.63) is 28.2 Å². The Kier molecular flexibility index (Phi) is 3.82. The number of aromatic nitrogens is 1. The van der Waals surface area contributed by atoms with Gasteiger partial charge < -0.3 is 14.8 Å². The first-order valence-corrected chi connectivity index (χ1v) is 4.72. The fourth-order valence-electron chi connectivity index (χ4n) is 1.04. The van der Waals surface area contributed by atoms with Crippen molar-refractivity contribution in [2.24, 2.45) is 0 Å². The van der Waals surface area contributed by atoms with Crippen molar-refractivity contribution in [3.63, 3.8) is 0 Å². The number of carbonyl (C=O) groups excluding carboxylic acids is 1. The highest BCUT2D eigenvalue weighted by Gasteiger charge is 2.10. The second-order valence-electron chi connectivity index (χ2n) is 3.09. The van der Waals surface area contributed by atoms with Crippen LogP contribution in [0, 0.1) is 0 Å². The second kappa shape index (κ2) is 5.11. The van der Waals surface area contributed by atoms with Crippen LogP contribution in [0.25, 0.3) is 0 Å². The van der Waals surface area contributed by atoms with Gasteiger partial charge in [-0.05, 0) is 18.6 Å². The maximum absolute atomic E-state index is 11.3. The van der Waals surface area contributed by atoms with Crippen molar-refractivity contribution in [2.45, 2.75) is 19.8 Å². The monoisotopic (exact) mass is 225 g/mol. The number of carbonyl (C=O) groups is 2. The number of pyridine rings is 1. The van der Waals surface area contributed by atoms with Crippen molar-refractivity contribution in [2.75, 3.05) is 0 Å². The zero-order valence-electron chi connectivity index (χ0n) is 8.65. The summed E-state index contributed by atoms with van der Waals surface area (Å²) in [5.41, 5.74) is -0.982. The summed E-state index contributed by atoms with van der Waals surface area (Å²) in [6, 6.07) is 2.33. The van der Waals surface area contributed by atoms with E-state index in [1.54, 1.807) is 6.92 Å². The Morgan fingerprint density at radius 2 is 2.12 bits per heavy atom. The van der Waals surface area contributed by atoms with Crippen LogP contribution in [0.5, 0.6) is 5.75 Å². The number of H-pyrrole nitrogens is 1. The number of aromatic amines is 1. The first kappa shape index (κ1) is 12.0. The molecule has 0 atom stereocenters. The lowest BCUT2D eigenvalue weighted by Gasteiger charge is -2.02. The quantitative estimate of drug-likeness (QED) is 0.738. The number of nitrogens with one attached hydrogen (secondary N) is 1. The molecule has 0 bridgehead atoms. The van der Waals surface area contributed by atoms with Crippen LogP contribution in [-0.4, -0.2) is 22.0 Å². The molecule has 0 saturated carbocycles. The maximum atomic E-state index is 11.3. The Labute approximate surface area is 90.9 Å². The molecular weight excluding hydrogens is 214 g/mol. The van der Waals surface area contributed by atoms with E-state index in [0.717, 1.165) is 12.1 Å². The van der Waals surface area contributed by atoms with Crippen molar-refractivity contribution in [3.8, 4) is 5.75 Å². The first-order chi connectivity index (χ1) is 7.54. The average molecular weight is 225 g/mol. The molecular formula is C10H11NO5. The summed E-state index contributed by atoms with van der Waals surface area (Å²) < 4.78 is 4.74. The molecule has 0 aromatic carbocycles. The van der Waals surface area contributed by atoms with E-state index in [1.165, 1.54) is 0 Å². The average Bonchev–Trinajstić information content (AvgIpc) is 2.21. The molecule has 16 heavy (non-hydrogen) atoms. The maximum Gasteiger partial charge on any atom is 0.352 e. The zero-order valence-corrected chi connectivity index (χ0v) is 8.65. The molecule has 1 heterocycles. The largest absolute Gasteiger partial charge is 0.477 e. The lowest BCUT2D eigenvalue weighted by molar-refractivity contribution is -0.134. The van der Waals surface area contributed by atoms with Crippen LogP contribution in [0.15, 0.2) is 16.9 Å². The van der Waals surface area contributed by atoms with Crippen LogP contribution < -0.4 is 10.3 Å². The van der Waals surface area contributed by atoms with Crippen molar-refractivity contribution >= 4 is 11.9 Å². The van der Waals surface area contributed by atoms with Crippen LogP contribution in [-0.2, 0) is 4.79 Å². The summed E-state index contributed by atoms with van der Waals surface area (Å²) in [6.45, 7) is 1.80. The number of aromatic carboxylic acids is 1. The number of ether oxygens (including phenoxy) is 1. The fraction of sp³-hybridized carbons (Fsp3) is 0.300. The summed E-state index contributed by atoms with van der Waals surface area (Å²) in [5, 5.41) is 8.59. The molecule has 1 aromatic rings. The van der Waals surface area contributed by atoms with Gasteiger partial charge in [-0.2, -0.15) is 0 Å². The number of rotatable bonds is 4. The molecule has 0 aliphatic rings. The van der Waals surface area contributed by atoms with E-state index >= 15 is 0 Å². The number of hydrogen-bond acceptors (Lipinski definition) is 4. The molecule has 0 aliphatic heterocycles. The van der Waals surface area contributed by atoms with E-state index in [1.807, 2.05) is 0 Å². The number of carboxylic acids is 1. The van der Waals surface area contributed by atoms with E-state index in [-0.39, 0.29) is 17.9 Å².